The highest BCUT2D eigenvalue weighted by Gasteiger charge is 2.31. The lowest BCUT2D eigenvalue weighted by atomic mass is 10.2. The van der Waals surface area contributed by atoms with Gasteiger partial charge < -0.3 is 4.90 Å². The van der Waals surface area contributed by atoms with Crippen molar-refractivity contribution in [3.05, 3.63) is 47.9 Å². The largest absolute Gasteiger partial charge is 0.416 e. The standard InChI is InChI=1S/C14H15F3N4O2S/c1-21(2)13-6-7-18-12(20-13)9-19-24(22,23)11-5-3-4-10(8-11)14(15,16)17/h3-8,19H,9H2,1-2H3. The van der Waals surface area contributed by atoms with Gasteiger partial charge in [-0.3, -0.25) is 0 Å². The van der Waals surface area contributed by atoms with Gasteiger partial charge in [0.25, 0.3) is 0 Å². The van der Waals surface area contributed by atoms with Crippen molar-refractivity contribution in [2.75, 3.05) is 19.0 Å². The smallest absolute Gasteiger partial charge is 0.363 e. The molecule has 1 aromatic carbocycles. The van der Waals surface area contributed by atoms with Crippen LogP contribution in [0.3, 0.4) is 0 Å². The molecule has 0 saturated heterocycles. The van der Waals surface area contributed by atoms with E-state index in [-0.39, 0.29) is 12.4 Å². The maximum Gasteiger partial charge on any atom is 0.416 e. The maximum atomic E-state index is 12.7. The van der Waals surface area contributed by atoms with Crippen LogP contribution in [0, 0.1) is 0 Å². The molecule has 0 unspecified atom stereocenters. The van der Waals surface area contributed by atoms with Crippen molar-refractivity contribution in [3.8, 4) is 0 Å². The number of halogens is 3. The Balaban J connectivity index is 2.19. The summed E-state index contributed by atoms with van der Waals surface area (Å²) in [6.07, 6.45) is -3.15. The molecule has 0 atom stereocenters. The summed E-state index contributed by atoms with van der Waals surface area (Å²) in [5.41, 5.74) is -1.03. The summed E-state index contributed by atoms with van der Waals surface area (Å²) >= 11 is 0. The van der Waals surface area contributed by atoms with Gasteiger partial charge in [0.2, 0.25) is 10.0 Å². The van der Waals surface area contributed by atoms with E-state index in [1.807, 2.05) is 0 Å². The van der Waals surface area contributed by atoms with Crippen LogP contribution in [-0.4, -0.2) is 32.5 Å². The Kier molecular flexibility index (Phi) is 5.09. The summed E-state index contributed by atoms with van der Waals surface area (Å²) in [7, 11) is -0.592. The van der Waals surface area contributed by atoms with E-state index in [1.165, 1.54) is 6.20 Å². The van der Waals surface area contributed by atoms with E-state index in [0.717, 1.165) is 18.2 Å². The van der Waals surface area contributed by atoms with Gasteiger partial charge in [-0.15, -0.1) is 0 Å². The minimum atomic E-state index is -4.62. The van der Waals surface area contributed by atoms with Gasteiger partial charge in [-0.2, -0.15) is 13.2 Å². The molecular formula is C14H15F3N4O2S. The van der Waals surface area contributed by atoms with E-state index in [4.69, 9.17) is 0 Å². The number of sulfonamides is 1. The predicted octanol–water partition coefficient (Wildman–Crippen LogP) is 2.04. The molecule has 0 bridgehead atoms. The highest BCUT2D eigenvalue weighted by Crippen LogP contribution is 2.30. The molecule has 1 aromatic heterocycles. The van der Waals surface area contributed by atoms with E-state index in [0.29, 0.717) is 11.9 Å². The van der Waals surface area contributed by atoms with E-state index < -0.39 is 26.7 Å². The zero-order valence-electron chi connectivity index (χ0n) is 12.9. The molecule has 130 valence electrons. The number of rotatable bonds is 5. The van der Waals surface area contributed by atoms with E-state index in [9.17, 15) is 21.6 Å². The Morgan fingerprint density at radius 2 is 1.92 bits per heavy atom. The molecule has 1 N–H and O–H groups in total. The van der Waals surface area contributed by atoms with Crippen molar-refractivity contribution in [2.24, 2.45) is 0 Å². The average molecular weight is 360 g/mol. The molecule has 0 aliphatic heterocycles. The SMILES string of the molecule is CN(C)c1ccnc(CNS(=O)(=O)c2cccc(C(F)(F)F)c2)n1. The average Bonchev–Trinajstić information content (AvgIpc) is 2.53. The number of benzene rings is 1. The Morgan fingerprint density at radius 3 is 2.54 bits per heavy atom. The highest BCUT2D eigenvalue weighted by atomic mass is 32.2. The third-order valence-corrected chi connectivity index (χ3v) is 4.44. The second-order valence-electron chi connectivity index (χ2n) is 5.08. The lowest BCUT2D eigenvalue weighted by Crippen LogP contribution is -2.25. The number of hydrogen-bond acceptors (Lipinski definition) is 5. The molecule has 0 aliphatic carbocycles. The molecule has 24 heavy (non-hydrogen) atoms. The van der Waals surface area contributed by atoms with Crippen molar-refractivity contribution < 1.29 is 21.6 Å². The second-order valence-corrected chi connectivity index (χ2v) is 6.84. The van der Waals surface area contributed by atoms with Crippen LogP contribution in [0.15, 0.2) is 41.4 Å². The van der Waals surface area contributed by atoms with Crippen LogP contribution in [0.4, 0.5) is 19.0 Å². The zero-order valence-corrected chi connectivity index (χ0v) is 13.7. The fourth-order valence-electron chi connectivity index (χ4n) is 1.81. The number of alkyl halides is 3. The molecule has 2 rings (SSSR count). The molecular weight excluding hydrogens is 345 g/mol. The Labute approximate surface area is 137 Å². The summed E-state index contributed by atoms with van der Waals surface area (Å²) in [4.78, 5) is 9.31. The van der Waals surface area contributed by atoms with Crippen molar-refractivity contribution in [3.63, 3.8) is 0 Å². The summed E-state index contributed by atoms with van der Waals surface area (Å²) in [6.45, 7) is -0.236. The van der Waals surface area contributed by atoms with Crippen LogP contribution in [0.25, 0.3) is 0 Å². The van der Waals surface area contributed by atoms with Crippen molar-refractivity contribution in [1.82, 2.24) is 14.7 Å². The van der Waals surface area contributed by atoms with Crippen molar-refractivity contribution in [2.45, 2.75) is 17.6 Å². The molecule has 0 saturated carbocycles. The van der Waals surface area contributed by atoms with Crippen LogP contribution >= 0.6 is 0 Å². The van der Waals surface area contributed by atoms with Gasteiger partial charge in [0.15, 0.2) is 0 Å². The molecule has 10 heteroatoms. The van der Waals surface area contributed by atoms with Crippen molar-refractivity contribution >= 4 is 15.8 Å². The van der Waals surface area contributed by atoms with Gasteiger partial charge in [0.1, 0.15) is 11.6 Å². The van der Waals surface area contributed by atoms with Crippen LogP contribution in [0.2, 0.25) is 0 Å². The van der Waals surface area contributed by atoms with E-state index in [1.54, 1.807) is 25.1 Å². The molecule has 1 heterocycles. The first-order chi connectivity index (χ1) is 11.1. The van der Waals surface area contributed by atoms with Crippen LogP contribution in [0.1, 0.15) is 11.4 Å². The third-order valence-electron chi connectivity index (χ3n) is 3.04. The summed E-state index contributed by atoms with van der Waals surface area (Å²) in [6, 6.07) is 5.17. The Hall–Kier alpha value is -2.20. The number of aromatic nitrogens is 2. The van der Waals surface area contributed by atoms with Crippen molar-refractivity contribution in [1.29, 1.82) is 0 Å². The molecule has 0 radical (unpaired) electrons. The predicted molar refractivity (Wildman–Crippen MR) is 81.8 cm³/mol. The summed E-state index contributed by atoms with van der Waals surface area (Å²) in [5.74, 6) is 0.787. The lowest BCUT2D eigenvalue weighted by molar-refractivity contribution is -0.137. The van der Waals surface area contributed by atoms with Gasteiger partial charge >= 0.3 is 6.18 Å². The first-order valence-corrected chi connectivity index (χ1v) is 8.24. The third kappa shape index (κ3) is 4.42. The minimum absolute atomic E-state index is 0.205. The number of hydrogen-bond donors (Lipinski definition) is 1. The first kappa shape index (κ1) is 18.1. The second kappa shape index (κ2) is 6.73. The van der Waals surface area contributed by atoms with Gasteiger partial charge in [-0.1, -0.05) is 6.07 Å². The van der Waals surface area contributed by atoms with Crippen LogP contribution < -0.4 is 9.62 Å². The number of anilines is 1. The number of nitrogens with zero attached hydrogens (tertiary/aromatic N) is 3. The normalized spacial score (nSPS) is 12.2. The summed E-state index contributed by atoms with van der Waals surface area (Å²) in [5, 5.41) is 0. The fraction of sp³-hybridized carbons (Fsp3) is 0.286. The lowest BCUT2D eigenvalue weighted by Gasteiger charge is -2.12. The van der Waals surface area contributed by atoms with Gasteiger partial charge in [0, 0.05) is 20.3 Å². The molecule has 0 aliphatic rings. The molecule has 0 amide bonds. The highest BCUT2D eigenvalue weighted by molar-refractivity contribution is 7.89. The topological polar surface area (TPSA) is 75.2 Å². The van der Waals surface area contributed by atoms with Crippen LogP contribution in [0.5, 0.6) is 0 Å². The molecule has 2 aromatic rings. The van der Waals surface area contributed by atoms with Gasteiger partial charge in [-0.25, -0.2) is 23.1 Å². The maximum absolute atomic E-state index is 12.7. The Morgan fingerprint density at radius 1 is 1.21 bits per heavy atom. The number of nitrogens with one attached hydrogen (secondary N) is 1. The monoisotopic (exact) mass is 360 g/mol. The minimum Gasteiger partial charge on any atom is -0.363 e. The fourth-order valence-corrected chi connectivity index (χ4v) is 2.83. The zero-order chi connectivity index (χ0) is 18.0. The van der Waals surface area contributed by atoms with Crippen LogP contribution in [-0.2, 0) is 22.7 Å². The molecule has 0 fully saturated rings. The quantitative estimate of drug-likeness (QED) is 0.883. The van der Waals surface area contributed by atoms with Gasteiger partial charge in [0.05, 0.1) is 17.0 Å². The van der Waals surface area contributed by atoms with Gasteiger partial charge in [-0.05, 0) is 24.3 Å². The molecule has 6 nitrogen and oxygen atoms in total. The molecule has 0 spiro atoms. The van der Waals surface area contributed by atoms with E-state index in [2.05, 4.69) is 14.7 Å². The Bertz CT molecular complexity index is 823. The summed E-state index contributed by atoms with van der Waals surface area (Å²) < 4.78 is 64.6. The van der Waals surface area contributed by atoms with E-state index >= 15 is 0 Å². The first-order valence-electron chi connectivity index (χ1n) is 6.76.